The molecule has 0 bridgehead atoms. The van der Waals surface area contributed by atoms with Gasteiger partial charge in [-0.15, -0.1) is 0 Å². The van der Waals surface area contributed by atoms with Crippen molar-refractivity contribution in [2.75, 3.05) is 46.9 Å². The molecule has 2 N–H and O–H groups in total. The number of hydrogen-bond acceptors (Lipinski definition) is 8. The summed E-state index contributed by atoms with van der Waals surface area (Å²) in [6.45, 7) is 7.20. The first-order chi connectivity index (χ1) is 16.1. The molecule has 1 unspecified atom stereocenters. The van der Waals surface area contributed by atoms with Gasteiger partial charge in [0.25, 0.3) is 0 Å². The molecule has 8 heteroatoms. The zero-order valence-corrected chi connectivity index (χ0v) is 20.4. The third kappa shape index (κ3) is 3.22. The van der Waals surface area contributed by atoms with Crippen LogP contribution in [-0.4, -0.2) is 90.9 Å². The minimum Gasteiger partial charge on any atom is -0.504 e. The van der Waals surface area contributed by atoms with Crippen molar-refractivity contribution in [2.45, 2.75) is 45.3 Å². The number of ether oxygens (including phenoxy) is 2. The Hall–Kier alpha value is -2.16. The average molecular weight is 471 g/mol. The van der Waals surface area contributed by atoms with E-state index < -0.39 is 40.5 Å². The summed E-state index contributed by atoms with van der Waals surface area (Å²) in [4.78, 5) is 31.1. The number of cyclic esters (lactones) is 1. The van der Waals surface area contributed by atoms with Gasteiger partial charge in [-0.25, -0.2) is 4.79 Å². The number of carbonyl (C=O) groups excluding carboxylic acids is 2. The van der Waals surface area contributed by atoms with Gasteiger partial charge in [-0.3, -0.25) is 4.79 Å². The summed E-state index contributed by atoms with van der Waals surface area (Å²) in [5.74, 6) is -1.60. The number of hydrogen-bond donors (Lipinski definition) is 2. The van der Waals surface area contributed by atoms with Gasteiger partial charge in [0, 0.05) is 62.5 Å². The largest absolute Gasteiger partial charge is 0.504 e. The van der Waals surface area contributed by atoms with E-state index in [1.165, 1.54) is 7.11 Å². The van der Waals surface area contributed by atoms with Crippen LogP contribution in [0.1, 0.15) is 33.1 Å². The highest BCUT2D eigenvalue weighted by Crippen LogP contribution is 2.62. The summed E-state index contributed by atoms with van der Waals surface area (Å²) in [7, 11) is 3.59. The van der Waals surface area contributed by atoms with E-state index in [4.69, 9.17) is 9.47 Å². The van der Waals surface area contributed by atoms with Crippen LogP contribution in [0.4, 0.5) is 0 Å². The van der Waals surface area contributed by atoms with Gasteiger partial charge in [0.1, 0.15) is 6.10 Å². The molecule has 0 spiro atoms. The molecule has 0 amide bonds. The maximum Gasteiger partial charge on any atom is 0.340 e. The van der Waals surface area contributed by atoms with Crippen molar-refractivity contribution in [2.24, 2.45) is 16.7 Å². The van der Waals surface area contributed by atoms with Gasteiger partial charge in [0.15, 0.2) is 5.76 Å². The fraction of sp³-hybridized carbons (Fsp3) is 0.654. The van der Waals surface area contributed by atoms with Crippen LogP contribution >= 0.6 is 0 Å². The number of ketones is 1. The molecule has 5 rings (SSSR count). The average Bonchev–Trinajstić information content (AvgIpc) is 3.11. The Morgan fingerprint density at radius 1 is 1.21 bits per heavy atom. The monoisotopic (exact) mass is 470 g/mol. The van der Waals surface area contributed by atoms with Gasteiger partial charge >= 0.3 is 5.97 Å². The highest BCUT2D eigenvalue weighted by Gasteiger charge is 2.61. The van der Waals surface area contributed by atoms with E-state index in [0.717, 1.165) is 26.2 Å². The standard InChI is InChI=1S/C26H34N2O6/c1-25-8-7-17-20(16(25)5-6-18(25)29)22(30)23(31)21-15(13-28-11-9-27(3)10-12-28)24(32)34-19(14-33-4)26(17,21)2/h13,16,18-19,29,31H,5-6,8-12,14H2,1-4H3/b15-13+/t16?,18-,19+,25-,26-/m0/s1. The zero-order valence-electron chi connectivity index (χ0n) is 20.4. The fourth-order valence-electron chi connectivity index (χ4n) is 6.57. The fourth-order valence-corrected chi connectivity index (χ4v) is 6.57. The number of fused-ring (bicyclic) bond motifs is 4. The molecule has 34 heavy (non-hydrogen) atoms. The predicted molar refractivity (Wildman–Crippen MR) is 123 cm³/mol. The second-order valence-corrected chi connectivity index (χ2v) is 10.8. The van der Waals surface area contributed by atoms with Crippen LogP contribution in [0.25, 0.3) is 0 Å². The molecule has 2 heterocycles. The lowest BCUT2D eigenvalue weighted by molar-refractivity contribution is -0.156. The maximum absolute atomic E-state index is 13.7. The SMILES string of the molecule is COC[C@H]1OC(=O)/C(=C/N2CCN(C)CC2)C2=C(O)C(=O)C3=C([C]C[C@@]4(C)C3CC[C@@H]4O)[C@]21C. The number of likely N-dealkylation sites (N-methyl/N-ethyl adjacent to an activating group) is 1. The first-order valence-corrected chi connectivity index (χ1v) is 12.1. The first kappa shape index (κ1) is 23.6. The quantitative estimate of drug-likeness (QED) is 0.475. The molecule has 2 radical (unpaired) electrons. The van der Waals surface area contributed by atoms with Crippen LogP contribution in [0.15, 0.2) is 34.3 Å². The molecule has 1 saturated carbocycles. The molecule has 3 fully saturated rings. The number of nitrogens with zero attached hydrogens (tertiary/aromatic N) is 2. The van der Waals surface area contributed by atoms with Crippen LogP contribution in [0, 0.1) is 23.2 Å². The number of piperazine rings is 1. The van der Waals surface area contributed by atoms with Crippen molar-refractivity contribution >= 4 is 11.8 Å². The third-order valence-electron chi connectivity index (χ3n) is 8.84. The van der Waals surface area contributed by atoms with Crippen molar-refractivity contribution in [3.05, 3.63) is 40.7 Å². The second-order valence-electron chi connectivity index (χ2n) is 10.8. The molecule has 184 valence electrons. The molecule has 0 aromatic carbocycles. The Bertz CT molecular complexity index is 1010. The van der Waals surface area contributed by atoms with Gasteiger partial charge in [-0.2, -0.15) is 0 Å². The van der Waals surface area contributed by atoms with Gasteiger partial charge in [0.2, 0.25) is 5.78 Å². The van der Waals surface area contributed by atoms with E-state index >= 15 is 0 Å². The van der Waals surface area contributed by atoms with Crippen molar-refractivity contribution in [1.82, 2.24) is 9.80 Å². The summed E-state index contributed by atoms with van der Waals surface area (Å²) in [5, 5.41) is 22.1. The molecule has 2 saturated heterocycles. The molecule has 0 aromatic heterocycles. The Balaban J connectivity index is 1.65. The van der Waals surface area contributed by atoms with E-state index in [9.17, 15) is 19.8 Å². The second kappa shape index (κ2) is 8.21. The Morgan fingerprint density at radius 3 is 2.59 bits per heavy atom. The van der Waals surface area contributed by atoms with E-state index in [2.05, 4.69) is 18.4 Å². The highest BCUT2D eigenvalue weighted by molar-refractivity contribution is 6.13. The molecular formula is C26H34N2O6. The molecular weight excluding hydrogens is 436 g/mol. The number of Topliss-reactive ketones (excluding diaryl/α,β-unsaturated/α-hetero) is 1. The van der Waals surface area contributed by atoms with E-state index in [0.29, 0.717) is 36.0 Å². The van der Waals surface area contributed by atoms with Crippen LogP contribution in [0.3, 0.4) is 0 Å². The van der Waals surface area contributed by atoms with Gasteiger partial charge in [-0.05, 0) is 44.7 Å². The summed E-state index contributed by atoms with van der Waals surface area (Å²) in [6, 6.07) is 0. The third-order valence-corrected chi connectivity index (χ3v) is 8.84. The Labute approximate surface area is 200 Å². The molecule has 5 aliphatic rings. The first-order valence-electron chi connectivity index (χ1n) is 12.1. The number of rotatable bonds is 3. The lowest BCUT2D eigenvalue weighted by atomic mass is 9.54. The number of methoxy groups -OCH3 is 1. The lowest BCUT2D eigenvalue weighted by Gasteiger charge is -2.52. The minimum atomic E-state index is -0.982. The highest BCUT2D eigenvalue weighted by atomic mass is 16.6. The Morgan fingerprint density at radius 2 is 1.91 bits per heavy atom. The molecule has 8 nitrogen and oxygen atoms in total. The van der Waals surface area contributed by atoms with Crippen molar-refractivity contribution in [3.8, 4) is 0 Å². The zero-order chi connectivity index (χ0) is 24.4. The maximum atomic E-state index is 13.7. The van der Waals surface area contributed by atoms with Crippen LogP contribution in [-0.2, 0) is 19.1 Å². The summed E-state index contributed by atoms with van der Waals surface area (Å²) < 4.78 is 11.3. The lowest BCUT2D eigenvalue weighted by Crippen LogP contribution is -2.54. The number of carbonyl (C=O) groups is 2. The van der Waals surface area contributed by atoms with Gasteiger partial charge < -0.3 is 29.5 Å². The summed E-state index contributed by atoms with van der Waals surface area (Å²) in [6.07, 6.45) is 5.72. The Kier molecular flexibility index (Phi) is 5.69. The van der Waals surface area contributed by atoms with Crippen molar-refractivity contribution in [1.29, 1.82) is 0 Å². The van der Waals surface area contributed by atoms with Gasteiger partial charge in [0.05, 0.1) is 23.7 Å². The normalized spacial score (nSPS) is 39.9. The smallest absolute Gasteiger partial charge is 0.340 e. The predicted octanol–water partition coefficient (Wildman–Crippen LogP) is 1.65. The molecule has 5 atom stereocenters. The number of esters is 1. The number of aliphatic hydroxyl groups excluding tert-OH is 2. The van der Waals surface area contributed by atoms with Crippen molar-refractivity contribution in [3.63, 3.8) is 0 Å². The summed E-state index contributed by atoms with van der Waals surface area (Å²) in [5.41, 5.74) is 0.239. The number of allylic oxidation sites excluding steroid dienone is 1. The molecule has 2 aliphatic heterocycles. The van der Waals surface area contributed by atoms with Crippen molar-refractivity contribution < 1.29 is 29.3 Å². The molecule has 3 aliphatic carbocycles. The molecule has 0 aromatic rings. The topological polar surface area (TPSA) is 99.5 Å². The van der Waals surface area contributed by atoms with E-state index in [-0.39, 0.29) is 18.1 Å². The van der Waals surface area contributed by atoms with E-state index in [1.807, 2.05) is 18.7 Å². The number of aliphatic hydroxyl groups is 2. The summed E-state index contributed by atoms with van der Waals surface area (Å²) >= 11 is 0. The van der Waals surface area contributed by atoms with Crippen LogP contribution in [0.5, 0.6) is 0 Å². The van der Waals surface area contributed by atoms with E-state index in [1.54, 1.807) is 6.20 Å². The minimum absolute atomic E-state index is 0.123. The van der Waals surface area contributed by atoms with Crippen LogP contribution < -0.4 is 0 Å². The van der Waals surface area contributed by atoms with Crippen LogP contribution in [0.2, 0.25) is 0 Å². The van der Waals surface area contributed by atoms with Gasteiger partial charge in [-0.1, -0.05) is 6.92 Å².